The monoisotopic (exact) mass is 424 g/mol. The summed E-state index contributed by atoms with van der Waals surface area (Å²) in [5.74, 6) is 2.17. The first-order chi connectivity index (χ1) is 15.5. The fourth-order valence-electron chi connectivity index (χ4n) is 3.38. The van der Waals surface area contributed by atoms with E-state index < -0.39 is 0 Å². The summed E-state index contributed by atoms with van der Waals surface area (Å²) >= 11 is 0. The van der Waals surface area contributed by atoms with Gasteiger partial charge in [-0.05, 0) is 53.4 Å². The highest BCUT2D eigenvalue weighted by Gasteiger charge is 2.19. The molecular formula is C28H28N2O2. The summed E-state index contributed by atoms with van der Waals surface area (Å²) in [5, 5.41) is 3.41. The molecule has 0 aliphatic rings. The average molecular weight is 425 g/mol. The van der Waals surface area contributed by atoms with Crippen LogP contribution in [0.5, 0.6) is 17.4 Å². The molecule has 1 aromatic heterocycles. The minimum absolute atomic E-state index is 0.0332. The zero-order valence-electron chi connectivity index (χ0n) is 18.7. The maximum Gasteiger partial charge on any atom is 0.243 e. The first kappa shape index (κ1) is 21.4. The predicted molar refractivity (Wildman–Crippen MR) is 130 cm³/mol. The average Bonchev–Trinajstić information content (AvgIpc) is 2.80. The van der Waals surface area contributed by atoms with E-state index in [1.54, 1.807) is 6.20 Å². The van der Waals surface area contributed by atoms with Gasteiger partial charge < -0.3 is 14.8 Å². The third-order valence-corrected chi connectivity index (χ3v) is 5.05. The van der Waals surface area contributed by atoms with E-state index in [1.807, 2.05) is 72.8 Å². The maximum absolute atomic E-state index is 6.25. The zero-order chi connectivity index (χ0) is 22.4. The fourth-order valence-corrected chi connectivity index (χ4v) is 3.38. The molecule has 0 bridgehead atoms. The molecule has 0 radical (unpaired) electrons. The Hall–Kier alpha value is -3.79. The van der Waals surface area contributed by atoms with Crippen molar-refractivity contribution >= 4 is 11.4 Å². The second kappa shape index (κ2) is 9.56. The number of benzene rings is 3. The summed E-state index contributed by atoms with van der Waals surface area (Å²) < 4.78 is 12.1. The molecule has 0 saturated heterocycles. The van der Waals surface area contributed by atoms with Crippen molar-refractivity contribution in [3.8, 4) is 17.4 Å². The molecule has 0 fully saturated rings. The normalized spacial score (nSPS) is 11.1. The van der Waals surface area contributed by atoms with Gasteiger partial charge in [-0.15, -0.1) is 0 Å². The molecule has 4 rings (SSSR count). The zero-order valence-corrected chi connectivity index (χ0v) is 18.7. The van der Waals surface area contributed by atoms with Crippen molar-refractivity contribution < 1.29 is 9.47 Å². The van der Waals surface area contributed by atoms with Gasteiger partial charge in [0.2, 0.25) is 5.88 Å². The van der Waals surface area contributed by atoms with Crippen LogP contribution < -0.4 is 14.8 Å². The lowest BCUT2D eigenvalue weighted by molar-refractivity contribution is 0.306. The van der Waals surface area contributed by atoms with Crippen LogP contribution in [0.15, 0.2) is 97.2 Å². The van der Waals surface area contributed by atoms with Crippen molar-refractivity contribution in [3.63, 3.8) is 0 Å². The van der Waals surface area contributed by atoms with E-state index in [9.17, 15) is 0 Å². The molecule has 0 aliphatic heterocycles. The molecule has 4 nitrogen and oxygen atoms in total. The standard InChI is InChI=1S/C28H28N2O2/c1-28(2,3)24-12-7-8-14-26(24)32-27-25(13-9-19-29-27)30-22-15-17-23(18-16-22)31-20-21-10-5-4-6-11-21/h4-19,30H,20H2,1-3H3. The summed E-state index contributed by atoms with van der Waals surface area (Å²) in [5.41, 5.74) is 3.97. The number of para-hydroxylation sites is 1. The quantitative estimate of drug-likeness (QED) is 0.334. The summed E-state index contributed by atoms with van der Waals surface area (Å²) in [6.45, 7) is 7.07. The molecule has 162 valence electrons. The third kappa shape index (κ3) is 5.46. The van der Waals surface area contributed by atoms with Gasteiger partial charge in [0.05, 0.1) is 0 Å². The number of aromatic nitrogens is 1. The van der Waals surface area contributed by atoms with E-state index in [-0.39, 0.29) is 5.41 Å². The Morgan fingerprint density at radius 3 is 2.25 bits per heavy atom. The smallest absolute Gasteiger partial charge is 0.243 e. The van der Waals surface area contributed by atoms with Gasteiger partial charge in [0.15, 0.2) is 0 Å². The molecule has 0 spiro atoms. The van der Waals surface area contributed by atoms with Gasteiger partial charge in [0.1, 0.15) is 23.8 Å². The highest BCUT2D eigenvalue weighted by Crippen LogP contribution is 2.36. The van der Waals surface area contributed by atoms with E-state index in [1.165, 1.54) is 0 Å². The van der Waals surface area contributed by atoms with Crippen LogP contribution in [-0.4, -0.2) is 4.98 Å². The highest BCUT2D eigenvalue weighted by atomic mass is 16.5. The van der Waals surface area contributed by atoms with Gasteiger partial charge in [-0.3, -0.25) is 0 Å². The molecule has 3 aromatic carbocycles. The van der Waals surface area contributed by atoms with Gasteiger partial charge in [0, 0.05) is 17.4 Å². The first-order valence-corrected chi connectivity index (χ1v) is 10.8. The van der Waals surface area contributed by atoms with Crippen LogP contribution in [0, 0.1) is 0 Å². The number of nitrogens with one attached hydrogen (secondary N) is 1. The molecule has 0 aliphatic carbocycles. The summed E-state index contributed by atoms with van der Waals surface area (Å²) in [6.07, 6.45) is 1.74. The lowest BCUT2D eigenvalue weighted by Gasteiger charge is -2.22. The van der Waals surface area contributed by atoms with Crippen LogP contribution in [0.25, 0.3) is 0 Å². The van der Waals surface area contributed by atoms with Gasteiger partial charge in [-0.25, -0.2) is 4.98 Å². The Labute approximate surface area is 189 Å². The lowest BCUT2D eigenvalue weighted by atomic mass is 9.86. The molecule has 0 atom stereocenters. The second-order valence-electron chi connectivity index (χ2n) is 8.63. The summed E-state index contributed by atoms with van der Waals surface area (Å²) in [4.78, 5) is 4.46. The van der Waals surface area contributed by atoms with E-state index in [4.69, 9.17) is 9.47 Å². The molecule has 0 unspecified atom stereocenters. The van der Waals surface area contributed by atoms with Crippen molar-refractivity contribution in [2.24, 2.45) is 0 Å². The summed E-state index contributed by atoms with van der Waals surface area (Å²) in [6, 6.07) is 30.0. The second-order valence-corrected chi connectivity index (χ2v) is 8.63. The topological polar surface area (TPSA) is 43.4 Å². The predicted octanol–water partition coefficient (Wildman–Crippen LogP) is 7.49. The minimum Gasteiger partial charge on any atom is -0.489 e. The van der Waals surface area contributed by atoms with Gasteiger partial charge in [-0.2, -0.15) is 0 Å². The highest BCUT2D eigenvalue weighted by molar-refractivity contribution is 5.65. The van der Waals surface area contributed by atoms with Gasteiger partial charge >= 0.3 is 0 Å². The van der Waals surface area contributed by atoms with Crippen molar-refractivity contribution in [1.82, 2.24) is 4.98 Å². The maximum atomic E-state index is 6.25. The Morgan fingerprint density at radius 1 is 0.781 bits per heavy atom. The number of hydrogen-bond donors (Lipinski definition) is 1. The van der Waals surface area contributed by atoms with Crippen LogP contribution >= 0.6 is 0 Å². The molecule has 4 heteroatoms. The van der Waals surface area contributed by atoms with Gasteiger partial charge in [0.25, 0.3) is 0 Å². The first-order valence-electron chi connectivity index (χ1n) is 10.8. The molecule has 32 heavy (non-hydrogen) atoms. The third-order valence-electron chi connectivity index (χ3n) is 5.05. The molecule has 4 aromatic rings. The summed E-state index contributed by atoms with van der Waals surface area (Å²) in [7, 11) is 0. The van der Waals surface area contributed by atoms with E-state index >= 15 is 0 Å². The largest absolute Gasteiger partial charge is 0.489 e. The fraction of sp³-hybridized carbons (Fsp3) is 0.179. The van der Waals surface area contributed by atoms with Crippen LogP contribution in [0.3, 0.4) is 0 Å². The molecule has 0 amide bonds. The van der Waals surface area contributed by atoms with Crippen molar-refractivity contribution in [2.45, 2.75) is 32.8 Å². The van der Waals surface area contributed by atoms with E-state index in [2.05, 4.69) is 49.3 Å². The van der Waals surface area contributed by atoms with E-state index in [0.717, 1.165) is 34.0 Å². The number of nitrogens with zero attached hydrogens (tertiary/aromatic N) is 1. The van der Waals surface area contributed by atoms with E-state index in [0.29, 0.717) is 12.5 Å². The molecule has 1 N–H and O–H groups in total. The number of hydrogen-bond acceptors (Lipinski definition) is 4. The Kier molecular flexibility index (Phi) is 6.41. The molecule has 0 saturated carbocycles. The van der Waals surface area contributed by atoms with Crippen molar-refractivity contribution in [2.75, 3.05) is 5.32 Å². The SMILES string of the molecule is CC(C)(C)c1ccccc1Oc1ncccc1Nc1ccc(OCc2ccccc2)cc1. The van der Waals surface area contributed by atoms with Crippen LogP contribution in [0.4, 0.5) is 11.4 Å². The number of ether oxygens (including phenoxy) is 2. The van der Waals surface area contributed by atoms with Crippen LogP contribution in [-0.2, 0) is 12.0 Å². The van der Waals surface area contributed by atoms with Crippen molar-refractivity contribution in [1.29, 1.82) is 0 Å². The number of pyridine rings is 1. The molecular weight excluding hydrogens is 396 g/mol. The van der Waals surface area contributed by atoms with Crippen LogP contribution in [0.2, 0.25) is 0 Å². The Balaban J connectivity index is 1.47. The van der Waals surface area contributed by atoms with Gasteiger partial charge in [-0.1, -0.05) is 69.3 Å². The Morgan fingerprint density at radius 2 is 1.50 bits per heavy atom. The Bertz CT molecular complexity index is 1150. The number of rotatable bonds is 7. The van der Waals surface area contributed by atoms with Crippen LogP contribution in [0.1, 0.15) is 31.9 Å². The number of anilines is 2. The lowest BCUT2D eigenvalue weighted by Crippen LogP contribution is -2.12. The molecule has 1 heterocycles. The minimum atomic E-state index is -0.0332. The van der Waals surface area contributed by atoms with Crippen molar-refractivity contribution in [3.05, 3.63) is 108 Å².